The summed E-state index contributed by atoms with van der Waals surface area (Å²) in [5.41, 5.74) is 0. The van der Waals surface area contributed by atoms with Crippen molar-refractivity contribution in [2.45, 2.75) is 0 Å². The maximum absolute atomic E-state index is 0. The first-order valence-corrected chi connectivity index (χ1v) is 0. The predicted octanol–water partition coefficient (Wildman–Crippen LogP) is -0.0751. The quantitative estimate of drug-likeness (QED) is 0.446. The minimum Gasteiger partial charge on any atom is 0 e. The van der Waals surface area contributed by atoms with E-state index < -0.39 is 0 Å². The molecule has 0 N–H and O–H groups in total. The van der Waals surface area contributed by atoms with E-state index in [1.807, 2.05) is 0 Å². The molecule has 4 heteroatoms. The summed E-state index contributed by atoms with van der Waals surface area (Å²) in [5, 5.41) is 0. The fraction of sp³-hybridized carbons (Fsp3) is 0. The van der Waals surface area contributed by atoms with E-state index in [2.05, 4.69) is 0 Å². The van der Waals surface area contributed by atoms with E-state index in [9.17, 15) is 0 Å². The molecule has 0 heterocycles. The minimum atomic E-state index is 0. The van der Waals surface area contributed by atoms with Crippen LogP contribution >= 0.6 is 24.8 Å². The maximum Gasteiger partial charge on any atom is 0 e. The van der Waals surface area contributed by atoms with Gasteiger partial charge in [0.25, 0.3) is 0 Å². The zero-order valence-electron chi connectivity index (χ0n) is 1.19. The molecule has 27 valence electrons. The van der Waals surface area contributed by atoms with Crippen molar-refractivity contribution in [1.29, 1.82) is 0 Å². The standard InChI is InChI=1S/Ca.2ClH.Mn.2H/h;2*1H;;;. The summed E-state index contributed by atoms with van der Waals surface area (Å²) in [6.45, 7) is 0. The summed E-state index contributed by atoms with van der Waals surface area (Å²) in [6, 6.07) is 0. The van der Waals surface area contributed by atoms with Gasteiger partial charge in [0.2, 0.25) is 0 Å². The Balaban J connectivity index is 0. The van der Waals surface area contributed by atoms with Gasteiger partial charge >= 0.3 is 37.7 Å². The van der Waals surface area contributed by atoms with Crippen molar-refractivity contribution in [1.82, 2.24) is 0 Å². The van der Waals surface area contributed by atoms with Gasteiger partial charge in [0.1, 0.15) is 0 Å². The van der Waals surface area contributed by atoms with Gasteiger partial charge in [-0.2, -0.15) is 0 Å². The summed E-state index contributed by atoms with van der Waals surface area (Å²) < 4.78 is 0. The first-order valence-electron chi connectivity index (χ1n) is 0. The van der Waals surface area contributed by atoms with Crippen LogP contribution in [0.5, 0.6) is 0 Å². The number of hydrogen-bond donors (Lipinski definition) is 0. The third kappa shape index (κ3) is 8.84. The molecule has 0 aromatic heterocycles. The molecule has 0 amide bonds. The molecule has 0 saturated carbocycles. The van der Waals surface area contributed by atoms with Crippen molar-refractivity contribution in [3.8, 4) is 0 Å². The van der Waals surface area contributed by atoms with Crippen LogP contribution in [-0.2, 0) is 17.1 Å². The molecule has 0 aliphatic carbocycles. The molecule has 0 nitrogen and oxygen atoms in total. The summed E-state index contributed by atoms with van der Waals surface area (Å²) in [4.78, 5) is 0. The molecule has 0 aromatic carbocycles. The largest absolute Gasteiger partial charge is 0 e. The summed E-state index contributed by atoms with van der Waals surface area (Å²) in [7, 11) is 0. The zero-order valence-corrected chi connectivity index (χ0v) is 4.01. The second kappa shape index (κ2) is 18.3. The van der Waals surface area contributed by atoms with Crippen LogP contribution in [0.25, 0.3) is 0 Å². The fourth-order valence-corrected chi connectivity index (χ4v) is 0. The minimum absolute atomic E-state index is 0. The van der Waals surface area contributed by atoms with Crippen LogP contribution in [0.3, 0.4) is 0 Å². The van der Waals surface area contributed by atoms with E-state index in [0.717, 1.165) is 0 Å². The zero-order chi connectivity index (χ0) is 0. The van der Waals surface area contributed by atoms with Crippen molar-refractivity contribution in [2.75, 3.05) is 0 Å². The van der Waals surface area contributed by atoms with E-state index in [0.29, 0.717) is 0 Å². The first kappa shape index (κ1) is 32.8. The van der Waals surface area contributed by atoms with E-state index in [4.69, 9.17) is 0 Å². The van der Waals surface area contributed by atoms with E-state index in [1.165, 1.54) is 0 Å². The molecule has 0 bridgehead atoms. The number of rotatable bonds is 0. The molecule has 0 spiro atoms. The Kier molecular flexibility index (Phi) is 150. The number of hydrogen-bond acceptors (Lipinski definition) is 0. The van der Waals surface area contributed by atoms with E-state index >= 15 is 0 Å². The van der Waals surface area contributed by atoms with Gasteiger partial charge in [-0.1, -0.05) is 0 Å². The predicted molar refractivity (Wildman–Crippen MR) is 23.0 cm³/mol. The Morgan fingerprint density at radius 2 is 0.750 bits per heavy atom. The van der Waals surface area contributed by atoms with Crippen molar-refractivity contribution in [3.05, 3.63) is 0 Å². The van der Waals surface area contributed by atoms with Gasteiger partial charge in [0, 0.05) is 17.1 Å². The van der Waals surface area contributed by atoms with Crippen LogP contribution in [0.4, 0.5) is 0 Å². The summed E-state index contributed by atoms with van der Waals surface area (Å²) in [5.74, 6) is 0. The van der Waals surface area contributed by atoms with Gasteiger partial charge < -0.3 is 0 Å². The topological polar surface area (TPSA) is 0 Å². The van der Waals surface area contributed by atoms with Crippen molar-refractivity contribution >= 4 is 62.6 Å². The van der Waals surface area contributed by atoms with E-state index in [-0.39, 0.29) is 79.6 Å². The van der Waals surface area contributed by atoms with Gasteiger partial charge in [-0.05, 0) is 0 Å². The molecular weight excluding hydrogens is 166 g/mol. The summed E-state index contributed by atoms with van der Waals surface area (Å²) in [6.07, 6.45) is 0. The Morgan fingerprint density at radius 1 is 0.750 bits per heavy atom. The van der Waals surface area contributed by atoms with Crippen LogP contribution in [0.2, 0.25) is 0 Å². The molecule has 0 aromatic rings. The van der Waals surface area contributed by atoms with Gasteiger partial charge in [-0.3, -0.25) is 0 Å². The second-order valence-corrected chi connectivity index (χ2v) is 0. The van der Waals surface area contributed by atoms with Crippen LogP contribution in [-0.4, -0.2) is 37.7 Å². The third-order valence-electron chi connectivity index (χ3n) is 0. The molecule has 0 atom stereocenters. The molecule has 0 aliphatic heterocycles. The molecule has 0 unspecified atom stereocenters. The molecule has 0 saturated heterocycles. The van der Waals surface area contributed by atoms with Crippen LogP contribution < -0.4 is 0 Å². The third-order valence-corrected chi connectivity index (χ3v) is 0. The monoisotopic (exact) mass is 169 g/mol. The molecular formula is H4CaCl2Mn. The van der Waals surface area contributed by atoms with Crippen molar-refractivity contribution in [3.63, 3.8) is 0 Å². The van der Waals surface area contributed by atoms with Gasteiger partial charge in [0.05, 0.1) is 0 Å². The molecule has 0 rings (SSSR count). The Labute approximate surface area is 78.4 Å². The molecule has 0 fully saturated rings. The van der Waals surface area contributed by atoms with Gasteiger partial charge in [-0.25, -0.2) is 0 Å². The van der Waals surface area contributed by atoms with Crippen molar-refractivity contribution in [2.24, 2.45) is 0 Å². The van der Waals surface area contributed by atoms with Crippen LogP contribution in [0, 0.1) is 0 Å². The second-order valence-electron chi connectivity index (χ2n) is 0. The first-order chi connectivity index (χ1) is 0. The average Bonchev–Trinajstić information content (AvgIpc) is 0. The Morgan fingerprint density at radius 3 is 0.750 bits per heavy atom. The van der Waals surface area contributed by atoms with E-state index in [1.54, 1.807) is 0 Å². The van der Waals surface area contributed by atoms with Crippen molar-refractivity contribution < 1.29 is 17.1 Å². The molecule has 0 aliphatic rings. The molecule has 1 radical (unpaired) electrons. The Hall–Kier alpha value is 2.36. The molecule has 4 heavy (non-hydrogen) atoms. The van der Waals surface area contributed by atoms with Crippen LogP contribution in [0.15, 0.2) is 0 Å². The fourth-order valence-electron chi connectivity index (χ4n) is 0. The number of halogens is 2. The maximum atomic E-state index is 0. The average molecular weight is 170 g/mol. The smallest absolute Gasteiger partial charge is 0 e. The summed E-state index contributed by atoms with van der Waals surface area (Å²) >= 11 is 0. The van der Waals surface area contributed by atoms with Gasteiger partial charge in [-0.15, -0.1) is 24.8 Å². The van der Waals surface area contributed by atoms with Crippen LogP contribution in [0.1, 0.15) is 0 Å². The normalized spacial score (nSPS) is 0. The Bertz CT molecular complexity index is 6.00. The SMILES string of the molecule is Cl.Cl.[CaH2].[Mn]. The van der Waals surface area contributed by atoms with Gasteiger partial charge in [0.15, 0.2) is 0 Å².